The minimum atomic E-state index is -2.87. The average Bonchev–Trinajstić information content (AvgIpc) is 2.56. The molecular weight excluding hydrogens is 301 g/mol. The molecule has 0 aromatic heterocycles. The number of hydrogen-bond donors (Lipinski definition) is 0. The van der Waals surface area contributed by atoms with Gasteiger partial charge >= 0.3 is 0 Å². The van der Waals surface area contributed by atoms with Gasteiger partial charge in [0, 0.05) is 16.3 Å². The highest BCUT2D eigenvalue weighted by Crippen LogP contribution is 2.53. The Labute approximate surface area is 129 Å². The molecular formula is C18H19F2OP. The largest absolute Gasteiger partial charge is 0.313 e. The van der Waals surface area contributed by atoms with Crippen molar-refractivity contribution in [1.29, 1.82) is 0 Å². The summed E-state index contributed by atoms with van der Waals surface area (Å²) in [6, 6.07) is 11.9. The molecule has 3 rings (SSSR count). The van der Waals surface area contributed by atoms with Crippen molar-refractivity contribution in [3.05, 3.63) is 60.2 Å². The van der Waals surface area contributed by atoms with Gasteiger partial charge in [0.25, 0.3) is 0 Å². The van der Waals surface area contributed by atoms with E-state index in [0.29, 0.717) is 10.6 Å². The molecule has 0 bridgehead atoms. The van der Waals surface area contributed by atoms with E-state index in [-0.39, 0.29) is 17.3 Å². The SMILES string of the molecule is O=P(c1ccc(F)cc1)(c1ccc(F)cc1)C1CCCCC1. The Bertz CT molecular complexity index is 624. The Morgan fingerprint density at radius 2 is 1.14 bits per heavy atom. The first-order valence-corrected chi connectivity index (χ1v) is 9.50. The van der Waals surface area contributed by atoms with Gasteiger partial charge in [0.05, 0.1) is 0 Å². The second-order valence-electron chi connectivity index (χ2n) is 5.90. The third-order valence-corrected chi connectivity index (χ3v) is 8.18. The van der Waals surface area contributed by atoms with Crippen molar-refractivity contribution in [3.63, 3.8) is 0 Å². The van der Waals surface area contributed by atoms with Crippen LogP contribution in [0.3, 0.4) is 0 Å². The molecule has 1 fully saturated rings. The van der Waals surface area contributed by atoms with Crippen LogP contribution in [0.25, 0.3) is 0 Å². The molecule has 1 nitrogen and oxygen atoms in total. The Kier molecular flexibility index (Phi) is 4.44. The lowest BCUT2D eigenvalue weighted by molar-refractivity contribution is 0.490. The van der Waals surface area contributed by atoms with Crippen molar-refractivity contribution in [2.24, 2.45) is 0 Å². The predicted molar refractivity (Wildman–Crippen MR) is 86.5 cm³/mol. The van der Waals surface area contributed by atoms with Crippen LogP contribution in [0.5, 0.6) is 0 Å². The summed E-state index contributed by atoms with van der Waals surface area (Å²) in [6.45, 7) is 0. The first-order valence-electron chi connectivity index (χ1n) is 7.73. The number of hydrogen-bond acceptors (Lipinski definition) is 1. The van der Waals surface area contributed by atoms with Crippen molar-refractivity contribution in [2.45, 2.75) is 37.8 Å². The second-order valence-corrected chi connectivity index (χ2v) is 8.98. The summed E-state index contributed by atoms with van der Waals surface area (Å²) in [6.07, 6.45) is 5.12. The maximum absolute atomic E-state index is 13.9. The van der Waals surface area contributed by atoms with Crippen LogP contribution in [0, 0.1) is 11.6 Å². The van der Waals surface area contributed by atoms with E-state index in [9.17, 15) is 13.3 Å². The summed E-state index contributed by atoms with van der Waals surface area (Å²) in [7, 11) is -2.87. The lowest BCUT2D eigenvalue weighted by atomic mass is 10.0. The Morgan fingerprint density at radius 3 is 1.55 bits per heavy atom. The molecule has 0 amide bonds. The van der Waals surface area contributed by atoms with Crippen molar-refractivity contribution >= 4 is 17.8 Å². The standard InChI is InChI=1S/C18H19F2OP/c19-14-6-10-17(11-7-14)22(21,16-4-2-1-3-5-16)18-12-8-15(20)9-13-18/h6-13,16H,1-5H2. The summed E-state index contributed by atoms with van der Waals surface area (Å²) >= 11 is 0. The first kappa shape index (κ1) is 15.4. The number of halogens is 2. The van der Waals surface area contributed by atoms with Crippen LogP contribution in [0.15, 0.2) is 48.5 Å². The minimum absolute atomic E-state index is 0.0668. The van der Waals surface area contributed by atoms with Crippen LogP contribution in [-0.4, -0.2) is 5.66 Å². The lowest BCUT2D eigenvalue weighted by Gasteiger charge is -2.31. The highest BCUT2D eigenvalue weighted by atomic mass is 31.2. The van der Waals surface area contributed by atoms with Crippen LogP contribution in [-0.2, 0) is 4.57 Å². The third-order valence-electron chi connectivity index (χ3n) is 4.51. The van der Waals surface area contributed by atoms with Crippen LogP contribution >= 0.6 is 7.14 Å². The van der Waals surface area contributed by atoms with E-state index in [0.717, 1.165) is 25.7 Å². The molecule has 0 spiro atoms. The van der Waals surface area contributed by atoms with Gasteiger partial charge in [-0.1, -0.05) is 19.3 Å². The van der Waals surface area contributed by atoms with E-state index in [4.69, 9.17) is 0 Å². The second kappa shape index (κ2) is 6.34. The molecule has 1 aliphatic rings. The van der Waals surface area contributed by atoms with Crippen molar-refractivity contribution in [3.8, 4) is 0 Å². The van der Waals surface area contributed by atoms with E-state index < -0.39 is 7.14 Å². The van der Waals surface area contributed by atoms with E-state index in [1.807, 2.05) is 0 Å². The van der Waals surface area contributed by atoms with Gasteiger partial charge in [0.1, 0.15) is 18.8 Å². The average molecular weight is 320 g/mol. The van der Waals surface area contributed by atoms with Gasteiger partial charge in [-0.3, -0.25) is 0 Å². The van der Waals surface area contributed by atoms with E-state index in [1.165, 1.54) is 30.7 Å². The molecule has 1 aliphatic carbocycles. The van der Waals surface area contributed by atoms with Gasteiger partial charge in [-0.15, -0.1) is 0 Å². The monoisotopic (exact) mass is 320 g/mol. The van der Waals surface area contributed by atoms with Gasteiger partial charge in [-0.05, 0) is 61.4 Å². The molecule has 0 saturated heterocycles. The fraction of sp³-hybridized carbons (Fsp3) is 0.333. The van der Waals surface area contributed by atoms with Crippen LogP contribution in [0.1, 0.15) is 32.1 Å². The minimum Gasteiger partial charge on any atom is -0.313 e. The zero-order valence-corrected chi connectivity index (χ0v) is 13.2. The molecule has 4 heteroatoms. The molecule has 0 heterocycles. The lowest BCUT2D eigenvalue weighted by Crippen LogP contribution is -2.27. The molecule has 116 valence electrons. The molecule has 2 aromatic rings. The fourth-order valence-corrected chi connectivity index (χ4v) is 6.76. The molecule has 0 unspecified atom stereocenters. The van der Waals surface area contributed by atoms with E-state index >= 15 is 0 Å². The van der Waals surface area contributed by atoms with Crippen molar-refractivity contribution in [2.75, 3.05) is 0 Å². The van der Waals surface area contributed by atoms with Gasteiger partial charge in [-0.25, -0.2) is 8.78 Å². The highest BCUT2D eigenvalue weighted by Gasteiger charge is 2.37. The Balaban J connectivity index is 2.10. The molecule has 1 saturated carbocycles. The predicted octanol–water partition coefficient (Wildman–Crippen LogP) is 4.61. The zero-order chi connectivity index (χ0) is 15.6. The van der Waals surface area contributed by atoms with Gasteiger partial charge in [0.2, 0.25) is 0 Å². The molecule has 0 N–H and O–H groups in total. The zero-order valence-electron chi connectivity index (χ0n) is 12.3. The third kappa shape index (κ3) is 2.87. The summed E-state index contributed by atoms with van der Waals surface area (Å²) in [4.78, 5) is 0. The van der Waals surface area contributed by atoms with Crippen molar-refractivity contribution < 1.29 is 13.3 Å². The van der Waals surface area contributed by atoms with Gasteiger partial charge in [-0.2, -0.15) is 0 Å². The summed E-state index contributed by atoms with van der Waals surface area (Å²) in [5.41, 5.74) is 0.0668. The molecule has 0 atom stereocenters. The van der Waals surface area contributed by atoms with Crippen molar-refractivity contribution in [1.82, 2.24) is 0 Å². The quantitative estimate of drug-likeness (QED) is 0.755. The normalized spacial score (nSPS) is 16.6. The molecule has 0 aliphatic heterocycles. The fourth-order valence-electron chi connectivity index (χ4n) is 3.34. The summed E-state index contributed by atoms with van der Waals surface area (Å²) < 4.78 is 40.4. The number of rotatable bonds is 3. The maximum atomic E-state index is 13.9. The van der Waals surface area contributed by atoms with Crippen LogP contribution in [0.2, 0.25) is 0 Å². The first-order chi connectivity index (χ1) is 10.6. The van der Waals surface area contributed by atoms with Gasteiger partial charge in [0.15, 0.2) is 0 Å². The molecule has 22 heavy (non-hydrogen) atoms. The molecule has 2 aromatic carbocycles. The Morgan fingerprint density at radius 1 is 0.727 bits per heavy atom. The van der Waals surface area contributed by atoms with Gasteiger partial charge < -0.3 is 4.57 Å². The smallest absolute Gasteiger partial charge is 0.146 e. The maximum Gasteiger partial charge on any atom is 0.146 e. The van der Waals surface area contributed by atoms with E-state index in [2.05, 4.69) is 0 Å². The summed E-state index contributed by atoms with van der Waals surface area (Å²) in [5, 5.41) is 1.35. The van der Waals surface area contributed by atoms with Crippen LogP contribution in [0.4, 0.5) is 8.78 Å². The van der Waals surface area contributed by atoms with E-state index in [1.54, 1.807) is 24.3 Å². The van der Waals surface area contributed by atoms with Crippen LogP contribution < -0.4 is 10.6 Å². The topological polar surface area (TPSA) is 17.1 Å². The summed E-state index contributed by atoms with van der Waals surface area (Å²) in [5.74, 6) is -0.670. The number of benzene rings is 2. The molecule has 0 radical (unpaired) electrons. The highest BCUT2D eigenvalue weighted by molar-refractivity contribution is 7.79. The Hall–Kier alpha value is -1.47.